The van der Waals surface area contributed by atoms with Gasteiger partial charge < -0.3 is 25.2 Å². The fourth-order valence-electron chi connectivity index (χ4n) is 30.5. The van der Waals surface area contributed by atoms with Gasteiger partial charge in [-0.1, -0.05) is 99.3 Å². The van der Waals surface area contributed by atoms with Gasteiger partial charge in [0.2, 0.25) is 0 Å². The van der Waals surface area contributed by atoms with Gasteiger partial charge in [-0.3, -0.25) is 9.69 Å². The van der Waals surface area contributed by atoms with Crippen molar-refractivity contribution >= 4 is 11.9 Å². The van der Waals surface area contributed by atoms with E-state index in [9.17, 15) is 5.11 Å². The number of aryl methyl sites for hydroxylation is 1. The highest BCUT2D eigenvalue weighted by Crippen LogP contribution is 2.90. The second-order valence-corrected chi connectivity index (χ2v) is 34.4. The van der Waals surface area contributed by atoms with Crippen molar-refractivity contribution in [3.05, 3.63) is 80.5 Å². The third kappa shape index (κ3) is 5.73. The van der Waals surface area contributed by atoms with Crippen LogP contribution in [0.5, 0.6) is 0 Å². The van der Waals surface area contributed by atoms with Gasteiger partial charge in [0.05, 0.1) is 11.0 Å². The van der Waals surface area contributed by atoms with E-state index in [1.807, 2.05) is 0 Å². The maximum absolute atomic E-state index is 17.4. The van der Waals surface area contributed by atoms with Crippen LogP contribution in [0.25, 0.3) is 0 Å². The predicted molar refractivity (Wildman–Crippen MR) is 324 cm³/mol. The molecular weight excluding hydrogens is 1030 g/mol. The summed E-state index contributed by atoms with van der Waals surface area (Å²) in [6.07, 6.45) is 46.3. The Kier molecular flexibility index (Phi) is 10.5. The maximum Gasteiger partial charge on any atom is 0.339 e. The van der Waals surface area contributed by atoms with Crippen LogP contribution in [-0.4, -0.2) is 64.6 Å². The number of esters is 2. The van der Waals surface area contributed by atoms with Crippen molar-refractivity contribution in [2.45, 2.75) is 255 Å². The Morgan fingerprint density at radius 1 is 0.738 bits per heavy atom. The Morgan fingerprint density at radius 2 is 1.54 bits per heavy atom. The third-order valence-corrected chi connectivity index (χ3v) is 32.7. The minimum Gasteiger partial charge on any atom is -0.508 e. The van der Waals surface area contributed by atoms with Crippen molar-refractivity contribution in [3.63, 3.8) is 0 Å². The lowest BCUT2D eigenvalue weighted by molar-refractivity contribution is -0.284. The number of allylic oxidation sites excluding steroid dienone is 4. The number of fused-ring (bicyclic) bond motifs is 10. The summed E-state index contributed by atoms with van der Waals surface area (Å²) < 4.78 is 15.4. The molecule has 18 atom stereocenters. The van der Waals surface area contributed by atoms with Gasteiger partial charge in [0.25, 0.3) is 0 Å². The first-order valence-corrected chi connectivity index (χ1v) is 36.4. The quantitative estimate of drug-likeness (QED) is 0.222. The minimum absolute atomic E-state index is 0.0811. The Balaban J connectivity index is 0.859. The highest BCUT2D eigenvalue weighted by molar-refractivity contribution is 6.00. The number of carbonyl (C=O) groups excluding carboxylic acids is 2. The van der Waals surface area contributed by atoms with Crippen LogP contribution in [0.4, 0.5) is 0 Å². The number of nitrogens with zero attached hydrogens (tertiary/aromatic N) is 2. The smallest absolute Gasteiger partial charge is 0.339 e. The molecule has 8 spiro atoms. The zero-order valence-corrected chi connectivity index (χ0v) is 51.2. The van der Waals surface area contributed by atoms with E-state index >= 15 is 9.59 Å². The third-order valence-electron chi connectivity index (χ3n) is 32.7. The molecule has 448 valence electrons. The van der Waals surface area contributed by atoms with Crippen LogP contribution in [0.3, 0.4) is 0 Å². The molecular formula is C76H99N3O5. The van der Waals surface area contributed by atoms with E-state index in [-0.39, 0.29) is 47.1 Å². The van der Waals surface area contributed by atoms with E-state index in [1.54, 1.807) is 22.4 Å². The van der Waals surface area contributed by atoms with E-state index in [1.165, 1.54) is 179 Å². The number of aliphatic hydroxyl groups excluding tert-OH is 1. The van der Waals surface area contributed by atoms with Gasteiger partial charge in [0, 0.05) is 66.1 Å². The van der Waals surface area contributed by atoms with Crippen molar-refractivity contribution in [1.29, 1.82) is 0 Å². The number of carbonyl (C=O) groups is 2. The molecule has 8 heteroatoms. The second-order valence-electron chi connectivity index (χ2n) is 34.4. The fraction of sp³-hybridized carbons (Fsp3) is 0.789. The monoisotopic (exact) mass is 1130 g/mol. The molecule has 7 heterocycles. The summed E-state index contributed by atoms with van der Waals surface area (Å²) in [6, 6.07) is 7.92. The molecule has 7 aliphatic heterocycles. The first-order valence-electron chi connectivity index (χ1n) is 36.4. The summed E-state index contributed by atoms with van der Waals surface area (Å²) in [4.78, 5) is 39.5. The largest absolute Gasteiger partial charge is 0.508 e. The number of piperidine rings is 3. The van der Waals surface area contributed by atoms with Gasteiger partial charge in [0.1, 0.15) is 11.2 Å². The Bertz CT molecular complexity index is 3210. The van der Waals surface area contributed by atoms with Crippen molar-refractivity contribution in [3.8, 4) is 0 Å². The SMILES string of the molecule is C[C@@H]1CC2=C3[C@H]4C5=C6[C@@H]7C[C@@]41CCC7=C[C@@H]([C@H]1CCCC4(CCCC4)C1)C[C@H]1[C@]64C(=O)O/C(=C(/O)[C@@H]6CC[C@@H]7[C@@H]8C[C@@H](CN7[C@H]6[C@H]6CC7(CCCC7)[C@@]7(CCCC79CCCC9)C6)[C@@H](CC2)N3C8)[C@@]4(CC5)[C@]12OC(=O)c1c(CCCN)cccc12. The molecule has 3 N–H and O–H groups in total. The summed E-state index contributed by atoms with van der Waals surface area (Å²) in [5.41, 5.74) is 16.0. The van der Waals surface area contributed by atoms with E-state index in [0.29, 0.717) is 93.7 Å². The molecule has 0 amide bonds. The molecule has 4 saturated heterocycles. The average Bonchev–Trinajstić information content (AvgIpc) is 1.28. The van der Waals surface area contributed by atoms with Crippen molar-refractivity contribution in [2.24, 2.45) is 103 Å². The number of hydrogen-bond donors (Lipinski definition) is 2. The first-order chi connectivity index (χ1) is 41.0. The standard InChI is InChI=1S/C76H99N3O5/c1-44-34-47-16-18-57-50-36-51-43-79(57)64(47)62-53-21-32-74-66(65(80)54-17-19-58(51)78(42-50)63(54)52-39-71(27-6-7-28-71)73(40-52)30-11-29-70(73)25-4-5-26-70)83-68(82)75(74)59(76(74)56-15-8-12-45(14-10-33-77)60(56)67(81)84-76)37-49(48-13-9-24-69(38-48)22-2-3-23-69)35-46-20-31-72(44,62)41-55(46)61(53)75/h8,12,15,35,44,48-52,54-55,57-59,62-63,80H,2-7,9-11,13-14,16-34,36-43,77H2,1H3/b46-35?,66-65+/t44-,48+,49-,50+,51-,52+,54-,55-,57-,58-,59+,62-,63+,72-,73+,74-,75-,76-/m1/s1. The first kappa shape index (κ1) is 51.5. The molecule has 9 bridgehead atoms. The number of hydrogen-bond acceptors (Lipinski definition) is 8. The summed E-state index contributed by atoms with van der Waals surface area (Å²) in [7, 11) is 0. The van der Waals surface area contributed by atoms with Gasteiger partial charge in [-0.2, -0.15) is 0 Å². The Morgan fingerprint density at radius 3 is 2.38 bits per heavy atom. The minimum atomic E-state index is -1.15. The predicted octanol–water partition coefficient (Wildman–Crippen LogP) is 15.6. The molecule has 1 aromatic carbocycles. The molecule has 8 nitrogen and oxygen atoms in total. The van der Waals surface area contributed by atoms with Gasteiger partial charge in [0.15, 0.2) is 11.4 Å². The molecule has 0 radical (unpaired) electrons. The fourth-order valence-corrected chi connectivity index (χ4v) is 30.5. The van der Waals surface area contributed by atoms with E-state index in [0.717, 1.165) is 74.6 Å². The second kappa shape index (κ2) is 17.1. The Labute approximate surface area is 501 Å². The van der Waals surface area contributed by atoms with Gasteiger partial charge in [-0.25, -0.2) is 4.79 Å². The van der Waals surface area contributed by atoms with Crippen molar-refractivity contribution < 1.29 is 24.2 Å². The molecule has 8 saturated carbocycles. The molecule has 12 aliphatic carbocycles. The highest BCUT2D eigenvalue weighted by atomic mass is 16.6. The van der Waals surface area contributed by atoms with Crippen molar-refractivity contribution in [1.82, 2.24) is 9.80 Å². The van der Waals surface area contributed by atoms with Crippen LogP contribution in [0.2, 0.25) is 0 Å². The van der Waals surface area contributed by atoms with Crippen LogP contribution in [0.1, 0.15) is 247 Å². The molecule has 12 fully saturated rings. The topological polar surface area (TPSA) is 105 Å². The molecule has 0 unspecified atom stereocenters. The zero-order valence-electron chi connectivity index (χ0n) is 51.2. The van der Waals surface area contributed by atoms with Gasteiger partial charge in [-0.15, -0.1) is 0 Å². The summed E-state index contributed by atoms with van der Waals surface area (Å²) in [6.45, 7) is 5.58. The molecule has 19 aliphatic rings. The van der Waals surface area contributed by atoms with E-state index in [2.05, 4.69) is 41.0 Å². The van der Waals surface area contributed by atoms with Crippen LogP contribution in [0.15, 0.2) is 63.8 Å². The Hall–Kier alpha value is -3.36. The van der Waals surface area contributed by atoms with Crippen LogP contribution in [-0.2, 0) is 26.3 Å². The maximum atomic E-state index is 17.4. The van der Waals surface area contributed by atoms with E-state index < -0.39 is 16.4 Å². The number of benzene rings is 1. The molecule has 0 aromatic heterocycles. The summed E-state index contributed by atoms with van der Waals surface area (Å²) in [5.74, 6) is 3.89. The van der Waals surface area contributed by atoms with Crippen LogP contribution >= 0.6 is 0 Å². The lowest BCUT2D eigenvalue weighted by Crippen LogP contribution is -2.78. The van der Waals surface area contributed by atoms with Gasteiger partial charge in [-0.05, 0) is 254 Å². The average molecular weight is 1130 g/mol. The number of ether oxygens (including phenoxy) is 2. The number of rotatable bonds is 5. The summed E-state index contributed by atoms with van der Waals surface area (Å²) >= 11 is 0. The van der Waals surface area contributed by atoms with Crippen LogP contribution in [0, 0.1) is 97.1 Å². The van der Waals surface area contributed by atoms with Gasteiger partial charge >= 0.3 is 11.9 Å². The zero-order chi connectivity index (χ0) is 55.7. The molecule has 20 rings (SSSR count). The molecule has 84 heavy (non-hydrogen) atoms. The number of nitrogens with two attached hydrogens (primary N) is 1. The lowest BCUT2D eigenvalue weighted by atomic mass is 9.26. The lowest BCUT2D eigenvalue weighted by Gasteiger charge is -2.74. The molecule has 1 aromatic rings. The normalized spacial score (nSPS) is 49.4. The van der Waals surface area contributed by atoms with Crippen LogP contribution < -0.4 is 5.73 Å². The number of aliphatic hydroxyl groups is 1. The van der Waals surface area contributed by atoms with E-state index in [4.69, 9.17) is 15.2 Å². The van der Waals surface area contributed by atoms with Crippen molar-refractivity contribution in [2.75, 3.05) is 19.6 Å². The highest BCUT2D eigenvalue weighted by Gasteiger charge is 2.94. The summed E-state index contributed by atoms with van der Waals surface area (Å²) in [5, 5.41) is 14.8.